The summed E-state index contributed by atoms with van der Waals surface area (Å²) in [5, 5.41) is 3.57. The molecule has 2 aromatic rings. The van der Waals surface area contributed by atoms with Crippen molar-refractivity contribution in [3.8, 4) is 16.9 Å². The number of carbonyl (C=O) groups excluding carboxylic acids is 1. The second-order valence-corrected chi connectivity index (χ2v) is 7.70. The van der Waals surface area contributed by atoms with Crippen LogP contribution >= 0.6 is 0 Å². The summed E-state index contributed by atoms with van der Waals surface area (Å²) in [6.45, 7) is 5.18. The fraction of sp³-hybridized carbons (Fsp3) is 0.480. The van der Waals surface area contributed by atoms with E-state index in [9.17, 15) is 4.79 Å². The van der Waals surface area contributed by atoms with E-state index in [0.717, 1.165) is 60.6 Å². The molecule has 0 unspecified atom stereocenters. The van der Waals surface area contributed by atoms with Crippen LogP contribution in [0, 0.1) is 0 Å². The molecule has 0 atom stereocenters. The highest BCUT2D eigenvalue weighted by molar-refractivity contribution is 5.95. The molecule has 0 radical (unpaired) electrons. The first-order chi connectivity index (χ1) is 14.7. The van der Waals surface area contributed by atoms with E-state index in [1.54, 1.807) is 7.11 Å². The summed E-state index contributed by atoms with van der Waals surface area (Å²) in [5.41, 5.74) is 4.28. The summed E-state index contributed by atoms with van der Waals surface area (Å²) >= 11 is 0. The summed E-state index contributed by atoms with van der Waals surface area (Å²) in [6, 6.07) is 14.5. The zero-order valence-electron chi connectivity index (χ0n) is 18.3. The quantitative estimate of drug-likeness (QED) is 0.770. The van der Waals surface area contributed by atoms with Crippen LogP contribution in [0.4, 0.5) is 5.69 Å². The largest absolute Gasteiger partial charge is 0.493 e. The summed E-state index contributed by atoms with van der Waals surface area (Å²) < 4.78 is 11.0. The second-order valence-electron chi connectivity index (χ2n) is 7.70. The van der Waals surface area contributed by atoms with Gasteiger partial charge in [-0.2, -0.15) is 0 Å². The average Bonchev–Trinajstić information content (AvgIpc) is 2.75. The molecule has 0 aliphatic carbocycles. The molecule has 2 aromatic carbocycles. The van der Waals surface area contributed by atoms with Gasteiger partial charge in [0.1, 0.15) is 12.4 Å². The highest BCUT2D eigenvalue weighted by Gasteiger charge is 2.20. The van der Waals surface area contributed by atoms with E-state index < -0.39 is 0 Å². The van der Waals surface area contributed by atoms with Gasteiger partial charge < -0.3 is 19.7 Å². The normalized spacial score (nSPS) is 15.6. The number of fused-ring (bicyclic) bond motifs is 1. The van der Waals surface area contributed by atoms with Crippen LogP contribution in [0.1, 0.15) is 44.6 Å². The first kappa shape index (κ1) is 22.3. The smallest absolute Gasteiger partial charge is 0.252 e. The Labute approximate surface area is 180 Å². The Morgan fingerprint density at radius 2 is 1.87 bits per heavy atom. The van der Waals surface area contributed by atoms with E-state index in [1.807, 2.05) is 30.0 Å². The maximum Gasteiger partial charge on any atom is 0.252 e. The molecule has 0 fully saturated rings. The van der Waals surface area contributed by atoms with Gasteiger partial charge in [0.15, 0.2) is 0 Å². The molecule has 3 rings (SSSR count). The van der Waals surface area contributed by atoms with E-state index >= 15 is 0 Å². The van der Waals surface area contributed by atoms with Crippen molar-refractivity contribution >= 4 is 11.6 Å². The number of anilines is 1. The zero-order chi connectivity index (χ0) is 21.2. The van der Waals surface area contributed by atoms with Crippen molar-refractivity contribution in [3.63, 3.8) is 0 Å². The number of hydrogen-bond donors (Lipinski definition) is 1. The maximum atomic E-state index is 12.8. The fourth-order valence-electron chi connectivity index (χ4n) is 4.00. The monoisotopic (exact) mass is 410 g/mol. The standard InChI is InChI=1S/C25H34N2O3/c1-3-30-24-12-8-7-11-22(24)20-13-14-23-21(17-20)18-26-15-9-5-4-6-10-16-27(23)25(28)19-29-2/h7-8,11-14,17,26H,3-6,9-10,15-16,18-19H2,1-2H3. The molecule has 5 nitrogen and oxygen atoms in total. The molecule has 5 heteroatoms. The van der Waals surface area contributed by atoms with Crippen molar-refractivity contribution in [2.24, 2.45) is 0 Å². The number of benzene rings is 2. The van der Waals surface area contributed by atoms with Crippen molar-refractivity contribution in [2.75, 3.05) is 38.3 Å². The fourth-order valence-corrected chi connectivity index (χ4v) is 4.00. The highest BCUT2D eigenvalue weighted by Crippen LogP contribution is 2.34. The molecule has 0 aromatic heterocycles. The van der Waals surface area contributed by atoms with Gasteiger partial charge in [0.25, 0.3) is 5.91 Å². The lowest BCUT2D eigenvalue weighted by atomic mass is 9.99. The number of amides is 1. The van der Waals surface area contributed by atoms with Gasteiger partial charge in [0.05, 0.1) is 6.61 Å². The van der Waals surface area contributed by atoms with Gasteiger partial charge >= 0.3 is 0 Å². The van der Waals surface area contributed by atoms with Crippen LogP contribution < -0.4 is 15.0 Å². The molecule has 1 amide bonds. The first-order valence-electron chi connectivity index (χ1n) is 11.1. The maximum absolute atomic E-state index is 12.8. The molecule has 1 heterocycles. The molecule has 1 N–H and O–H groups in total. The van der Waals surface area contributed by atoms with Gasteiger partial charge in [-0.25, -0.2) is 0 Å². The minimum atomic E-state index is 0.0123. The molecule has 30 heavy (non-hydrogen) atoms. The van der Waals surface area contributed by atoms with Gasteiger partial charge in [0.2, 0.25) is 0 Å². The predicted molar refractivity (Wildman–Crippen MR) is 122 cm³/mol. The molecule has 0 spiro atoms. The number of hydrogen-bond acceptors (Lipinski definition) is 4. The molecule has 1 aliphatic rings. The third kappa shape index (κ3) is 5.83. The van der Waals surface area contributed by atoms with Crippen LogP contribution in [-0.2, 0) is 16.1 Å². The Bertz CT molecular complexity index is 822. The van der Waals surface area contributed by atoms with Gasteiger partial charge in [-0.05, 0) is 55.6 Å². The number of carbonyl (C=O) groups is 1. The summed E-state index contributed by atoms with van der Waals surface area (Å²) in [5.74, 6) is 0.895. The average molecular weight is 411 g/mol. The van der Waals surface area contributed by atoms with E-state index in [4.69, 9.17) is 9.47 Å². The van der Waals surface area contributed by atoms with Crippen LogP contribution in [0.3, 0.4) is 0 Å². The molecule has 162 valence electrons. The second kappa shape index (κ2) is 11.7. The van der Waals surface area contributed by atoms with Crippen LogP contribution in [0.5, 0.6) is 5.75 Å². The number of rotatable bonds is 5. The summed E-state index contributed by atoms with van der Waals surface area (Å²) in [4.78, 5) is 14.7. The summed E-state index contributed by atoms with van der Waals surface area (Å²) in [6.07, 6.45) is 5.79. The Balaban J connectivity index is 2.00. The van der Waals surface area contributed by atoms with E-state index in [0.29, 0.717) is 6.61 Å². The highest BCUT2D eigenvalue weighted by atomic mass is 16.5. The molecular formula is C25H34N2O3. The van der Waals surface area contributed by atoms with Crippen molar-refractivity contribution in [3.05, 3.63) is 48.0 Å². The van der Waals surface area contributed by atoms with Gasteiger partial charge in [-0.1, -0.05) is 43.5 Å². The molecule has 0 saturated heterocycles. The lowest BCUT2D eigenvalue weighted by Crippen LogP contribution is -2.36. The van der Waals surface area contributed by atoms with Crippen molar-refractivity contribution in [2.45, 2.75) is 45.6 Å². The van der Waals surface area contributed by atoms with Gasteiger partial charge in [-0.3, -0.25) is 4.79 Å². The first-order valence-corrected chi connectivity index (χ1v) is 11.1. The predicted octanol–water partition coefficient (Wildman–Crippen LogP) is 4.79. The Morgan fingerprint density at radius 3 is 2.70 bits per heavy atom. The Hall–Kier alpha value is -2.37. The Kier molecular flexibility index (Phi) is 8.72. The molecule has 0 bridgehead atoms. The molecule has 0 saturated carbocycles. The van der Waals surface area contributed by atoms with Crippen LogP contribution in [-0.4, -0.2) is 39.3 Å². The topological polar surface area (TPSA) is 50.8 Å². The van der Waals surface area contributed by atoms with E-state index in [-0.39, 0.29) is 12.5 Å². The Morgan fingerprint density at radius 1 is 1.07 bits per heavy atom. The number of ether oxygens (including phenoxy) is 2. The number of para-hydroxylation sites is 1. The number of methoxy groups -OCH3 is 1. The zero-order valence-corrected chi connectivity index (χ0v) is 18.3. The van der Waals surface area contributed by atoms with Crippen LogP contribution in [0.15, 0.2) is 42.5 Å². The van der Waals surface area contributed by atoms with E-state index in [1.165, 1.54) is 19.3 Å². The summed E-state index contributed by atoms with van der Waals surface area (Å²) in [7, 11) is 1.57. The minimum absolute atomic E-state index is 0.0123. The van der Waals surface area contributed by atoms with Crippen molar-refractivity contribution in [1.29, 1.82) is 0 Å². The number of nitrogens with one attached hydrogen (secondary N) is 1. The molecular weight excluding hydrogens is 376 g/mol. The van der Waals surface area contributed by atoms with Gasteiger partial charge in [0, 0.05) is 31.5 Å². The molecule has 1 aliphatic heterocycles. The third-order valence-corrected chi connectivity index (χ3v) is 5.49. The number of nitrogens with zero attached hydrogens (tertiary/aromatic N) is 1. The van der Waals surface area contributed by atoms with Crippen LogP contribution in [0.25, 0.3) is 11.1 Å². The van der Waals surface area contributed by atoms with E-state index in [2.05, 4.69) is 29.6 Å². The SMILES string of the molecule is CCOc1ccccc1-c1ccc2c(c1)CNCCCCCCCN2C(=O)COC. The van der Waals surface area contributed by atoms with Crippen molar-refractivity contribution in [1.82, 2.24) is 5.32 Å². The van der Waals surface area contributed by atoms with Crippen molar-refractivity contribution < 1.29 is 14.3 Å². The minimum Gasteiger partial charge on any atom is -0.493 e. The van der Waals surface area contributed by atoms with Gasteiger partial charge in [-0.15, -0.1) is 0 Å². The lowest BCUT2D eigenvalue weighted by molar-refractivity contribution is -0.122. The lowest BCUT2D eigenvalue weighted by Gasteiger charge is -2.26. The third-order valence-electron chi connectivity index (χ3n) is 5.49. The van der Waals surface area contributed by atoms with Crippen LogP contribution in [0.2, 0.25) is 0 Å².